The fraction of sp³-hybridized carbons (Fsp3) is 0. The second kappa shape index (κ2) is 9.96. The van der Waals surface area contributed by atoms with Crippen molar-refractivity contribution in [3.8, 4) is 45.1 Å². The van der Waals surface area contributed by atoms with E-state index in [0.29, 0.717) is 0 Å². The van der Waals surface area contributed by atoms with Gasteiger partial charge in [0.25, 0.3) is 0 Å². The third-order valence-corrected chi connectivity index (χ3v) is 10.3. The predicted octanol–water partition coefficient (Wildman–Crippen LogP) is 12.5. The summed E-state index contributed by atoms with van der Waals surface area (Å²) in [5.74, 6) is 1.77. The smallest absolute Gasteiger partial charge is 0.138 e. The summed E-state index contributed by atoms with van der Waals surface area (Å²) >= 11 is 0. The third-order valence-electron chi connectivity index (χ3n) is 10.3. The first-order chi connectivity index (χ1) is 24.3. The van der Waals surface area contributed by atoms with Crippen LogP contribution in [0.3, 0.4) is 0 Å². The number of benzene rings is 8. The Morgan fingerprint density at radius 1 is 0.327 bits per heavy atom. The van der Waals surface area contributed by atoms with Crippen LogP contribution in [0.4, 0.5) is 0 Å². The van der Waals surface area contributed by atoms with E-state index in [9.17, 15) is 0 Å². The van der Waals surface area contributed by atoms with Crippen LogP contribution in [-0.2, 0) is 0 Å². The lowest BCUT2D eigenvalue weighted by Crippen LogP contribution is -1.99. The molecule has 2 aromatic heterocycles. The van der Waals surface area contributed by atoms with Crippen LogP contribution in [0.25, 0.3) is 88.0 Å². The van der Waals surface area contributed by atoms with Gasteiger partial charge in [-0.3, -0.25) is 0 Å². The van der Waals surface area contributed by atoms with Gasteiger partial charge in [0.2, 0.25) is 0 Å². The van der Waals surface area contributed by atoms with E-state index in [0.717, 1.165) is 39.3 Å². The lowest BCUT2D eigenvalue weighted by Gasteiger charge is -2.23. The average molecular weight is 625 g/mol. The van der Waals surface area contributed by atoms with E-state index in [4.69, 9.17) is 4.74 Å². The van der Waals surface area contributed by atoms with Crippen molar-refractivity contribution in [1.29, 1.82) is 0 Å². The Morgan fingerprint density at radius 3 is 1.63 bits per heavy atom. The van der Waals surface area contributed by atoms with Crippen LogP contribution in [0.15, 0.2) is 170 Å². The monoisotopic (exact) mass is 624 g/mol. The number of fused-ring (bicyclic) bond motifs is 9. The quantitative estimate of drug-likeness (QED) is 0.191. The molecule has 3 nitrogen and oxygen atoms in total. The fourth-order valence-electron chi connectivity index (χ4n) is 8.29. The molecule has 10 aromatic rings. The van der Waals surface area contributed by atoms with E-state index in [1.807, 2.05) is 0 Å². The summed E-state index contributed by atoms with van der Waals surface area (Å²) in [6.45, 7) is 0. The Bertz CT molecular complexity index is 2950. The SMILES string of the molecule is c1ccc(-n2c3ccccc3c3c(-c4ccc5c(c4)-c4cccc6c4c(cc4c6c6ccccc6n4-c4ccccc4)O5)cccc32)cc1. The Morgan fingerprint density at radius 2 is 0.898 bits per heavy atom. The van der Waals surface area contributed by atoms with Gasteiger partial charge in [-0.15, -0.1) is 0 Å². The topological polar surface area (TPSA) is 19.1 Å². The highest BCUT2D eigenvalue weighted by atomic mass is 16.5. The first kappa shape index (κ1) is 26.5. The summed E-state index contributed by atoms with van der Waals surface area (Å²) in [5.41, 5.74) is 11.7. The van der Waals surface area contributed by atoms with Gasteiger partial charge in [0.15, 0.2) is 0 Å². The number of aromatic nitrogens is 2. The minimum atomic E-state index is 0.879. The second-order valence-corrected chi connectivity index (χ2v) is 12.9. The van der Waals surface area contributed by atoms with Crippen molar-refractivity contribution in [3.63, 3.8) is 0 Å². The van der Waals surface area contributed by atoms with Gasteiger partial charge in [0, 0.05) is 49.9 Å². The molecule has 0 bridgehead atoms. The molecule has 1 aliphatic heterocycles. The van der Waals surface area contributed by atoms with Crippen LogP contribution in [-0.4, -0.2) is 9.13 Å². The van der Waals surface area contributed by atoms with Crippen molar-refractivity contribution in [3.05, 3.63) is 170 Å². The van der Waals surface area contributed by atoms with Crippen LogP contribution >= 0.6 is 0 Å². The minimum Gasteiger partial charge on any atom is -0.456 e. The first-order valence-electron chi connectivity index (χ1n) is 16.8. The first-order valence-corrected chi connectivity index (χ1v) is 16.8. The zero-order valence-corrected chi connectivity index (χ0v) is 26.5. The molecule has 49 heavy (non-hydrogen) atoms. The molecule has 0 saturated heterocycles. The predicted molar refractivity (Wildman–Crippen MR) is 204 cm³/mol. The van der Waals surface area contributed by atoms with E-state index in [-0.39, 0.29) is 0 Å². The van der Waals surface area contributed by atoms with Gasteiger partial charge >= 0.3 is 0 Å². The Hall–Kier alpha value is -6.58. The molecule has 0 atom stereocenters. The summed E-state index contributed by atoms with van der Waals surface area (Å²) in [7, 11) is 0. The van der Waals surface area contributed by atoms with Gasteiger partial charge in [-0.05, 0) is 76.7 Å². The summed E-state index contributed by atoms with van der Waals surface area (Å²) < 4.78 is 11.6. The maximum Gasteiger partial charge on any atom is 0.138 e. The number of para-hydroxylation sites is 4. The van der Waals surface area contributed by atoms with Gasteiger partial charge in [0.05, 0.1) is 22.1 Å². The Labute approximate surface area is 282 Å². The fourth-order valence-corrected chi connectivity index (χ4v) is 8.29. The lowest BCUT2D eigenvalue weighted by molar-refractivity contribution is 0.487. The molecular formula is C46H28N2O. The Kier molecular flexibility index (Phi) is 5.38. The van der Waals surface area contributed by atoms with Crippen LogP contribution in [0.5, 0.6) is 11.5 Å². The summed E-state index contributed by atoms with van der Waals surface area (Å²) in [6, 6.07) is 61.0. The minimum absolute atomic E-state index is 0.879. The number of ether oxygens (including phenoxy) is 1. The van der Waals surface area contributed by atoms with Crippen molar-refractivity contribution < 1.29 is 4.74 Å². The maximum absolute atomic E-state index is 6.84. The maximum atomic E-state index is 6.84. The highest BCUT2D eigenvalue weighted by Crippen LogP contribution is 2.51. The van der Waals surface area contributed by atoms with Gasteiger partial charge < -0.3 is 13.9 Å². The van der Waals surface area contributed by atoms with Crippen LogP contribution in [0.1, 0.15) is 0 Å². The number of hydrogen-bond acceptors (Lipinski definition) is 1. The van der Waals surface area contributed by atoms with Gasteiger partial charge in [-0.25, -0.2) is 0 Å². The zero-order chi connectivity index (χ0) is 32.1. The molecule has 0 radical (unpaired) electrons. The summed E-state index contributed by atoms with van der Waals surface area (Å²) in [5, 5.41) is 7.37. The third kappa shape index (κ3) is 3.67. The van der Waals surface area contributed by atoms with Crippen molar-refractivity contribution in [2.45, 2.75) is 0 Å². The normalized spacial score (nSPS) is 12.2. The van der Waals surface area contributed by atoms with Crippen LogP contribution in [0.2, 0.25) is 0 Å². The summed E-state index contributed by atoms with van der Waals surface area (Å²) in [6.07, 6.45) is 0. The molecule has 8 aromatic carbocycles. The van der Waals surface area contributed by atoms with E-state index < -0.39 is 0 Å². The molecule has 0 saturated carbocycles. The van der Waals surface area contributed by atoms with Gasteiger partial charge in [-0.1, -0.05) is 109 Å². The molecular weight excluding hydrogens is 597 g/mol. The lowest BCUT2D eigenvalue weighted by atomic mass is 9.90. The largest absolute Gasteiger partial charge is 0.456 e. The second-order valence-electron chi connectivity index (χ2n) is 12.9. The van der Waals surface area contributed by atoms with E-state index in [1.54, 1.807) is 0 Å². The standard InChI is InChI=1S/C46H28N2O/c1-3-13-30(14-4-1)47-38-22-9-7-17-34(38)44-32(19-12-24-40(44)47)29-25-26-42-37(27-29)33-20-11-21-36-45-35-18-8-10-23-39(35)48(31-15-5-2-6-16-31)41(45)28-43(49-42)46(33)36/h1-28H. The molecule has 0 fully saturated rings. The zero-order valence-electron chi connectivity index (χ0n) is 26.5. The summed E-state index contributed by atoms with van der Waals surface area (Å²) in [4.78, 5) is 0. The molecule has 11 rings (SSSR count). The molecule has 0 spiro atoms. The molecule has 0 aliphatic carbocycles. The Balaban J connectivity index is 1.16. The molecule has 3 heterocycles. The number of hydrogen-bond donors (Lipinski definition) is 0. The highest BCUT2D eigenvalue weighted by Gasteiger charge is 2.25. The highest BCUT2D eigenvalue weighted by molar-refractivity contribution is 6.25. The molecule has 0 N–H and O–H groups in total. The molecule has 0 amide bonds. The van der Waals surface area contributed by atoms with Crippen molar-refractivity contribution in [2.24, 2.45) is 0 Å². The van der Waals surface area contributed by atoms with Crippen LogP contribution in [0, 0.1) is 0 Å². The van der Waals surface area contributed by atoms with E-state index >= 15 is 0 Å². The number of rotatable bonds is 3. The molecule has 228 valence electrons. The van der Waals surface area contributed by atoms with Gasteiger partial charge in [-0.2, -0.15) is 0 Å². The average Bonchev–Trinajstić information content (AvgIpc) is 3.68. The van der Waals surface area contributed by atoms with Gasteiger partial charge in [0.1, 0.15) is 11.5 Å². The van der Waals surface area contributed by atoms with E-state index in [1.165, 1.54) is 60.2 Å². The molecule has 1 aliphatic rings. The van der Waals surface area contributed by atoms with Crippen molar-refractivity contribution in [2.75, 3.05) is 0 Å². The molecule has 3 heteroatoms. The van der Waals surface area contributed by atoms with Crippen molar-refractivity contribution in [1.82, 2.24) is 9.13 Å². The van der Waals surface area contributed by atoms with E-state index in [2.05, 4.69) is 179 Å². The van der Waals surface area contributed by atoms with Crippen LogP contribution < -0.4 is 4.74 Å². The number of nitrogens with zero attached hydrogens (tertiary/aromatic N) is 2. The molecule has 0 unspecified atom stereocenters. The van der Waals surface area contributed by atoms with Crippen molar-refractivity contribution >= 4 is 54.4 Å².